The first-order chi connectivity index (χ1) is 35.6. The highest BCUT2D eigenvalue weighted by Crippen LogP contribution is 2.49. The Hall–Kier alpha value is -5.73. The van der Waals surface area contributed by atoms with Crippen molar-refractivity contribution in [1.82, 2.24) is 4.57 Å². The van der Waals surface area contributed by atoms with Crippen LogP contribution in [0.25, 0.3) is 10.9 Å². The van der Waals surface area contributed by atoms with E-state index in [1.165, 1.54) is 11.1 Å². The zero-order valence-electron chi connectivity index (χ0n) is 41.2. The maximum Gasteiger partial charge on any atom is 0.140 e. The Morgan fingerprint density at radius 2 is 1.31 bits per heavy atom. The van der Waals surface area contributed by atoms with Crippen LogP contribution in [0.3, 0.4) is 0 Å². The third kappa shape index (κ3) is 16.7. The van der Waals surface area contributed by atoms with Crippen molar-refractivity contribution < 1.29 is 47.5 Å². The molecule has 0 saturated carbocycles. The molecule has 7 rings (SSSR count). The molecule has 72 heavy (non-hydrogen) atoms. The number of para-hydroxylation sites is 2. The van der Waals surface area contributed by atoms with E-state index in [0.717, 1.165) is 39.1 Å². The van der Waals surface area contributed by atoms with Crippen molar-refractivity contribution in [2.24, 2.45) is 27.5 Å². The van der Waals surface area contributed by atoms with E-state index in [1.54, 1.807) is 12.3 Å². The van der Waals surface area contributed by atoms with Crippen LogP contribution in [0.15, 0.2) is 136 Å². The molecular formula is C54H67N7O10S. The second-order valence-electron chi connectivity index (χ2n) is 16.7. The van der Waals surface area contributed by atoms with Crippen molar-refractivity contribution in [3.05, 3.63) is 138 Å². The van der Waals surface area contributed by atoms with Crippen LogP contribution < -0.4 is 9.91 Å². The minimum absolute atomic E-state index is 0.113. The SMILES string of the molecule is C=CCOCCOCCOCC(COCCOCCOCCO/N=C/c1cn(C)c2ccccc12)OCCOCCOCCN1Cc2ccccc2C2C(N=NN2c2ccc(N=C=S)cc2)c2ccccc21. The van der Waals surface area contributed by atoms with E-state index in [2.05, 4.69) is 92.0 Å². The van der Waals surface area contributed by atoms with Gasteiger partial charge in [-0.2, -0.15) is 10.1 Å². The van der Waals surface area contributed by atoms with E-state index < -0.39 is 0 Å². The largest absolute Gasteiger partial charge is 0.393 e. The van der Waals surface area contributed by atoms with Gasteiger partial charge in [-0.25, -0.2) is 5.01 Å². The fourth-order valence-electron chi connectivity index (χ4n) is 8.33. The molecule has 0 aliphatic carbocycles. The number of aryl methyl sites for hydroxylation is 1. The van der Waals surface area contributed by atoms with E-state index in [9.17, 15) is 0 Å². The molecule has 0 bridgehead atoms. The molecule has 0 amide bonds. The van der Waals surface area contributed by atoms with Crippen LogP contribution >= 0.6 is 12.2 Å². The Kier molecular flexibility index (Phi) is 23.3. The number of hydrogen-bond donors (Lipinski definition) is 0. The molecule has 3 heterocycles. The van der Waals surface area contributed by atoms with Gasteiger partial charge in [-0.05, 0) is 59.7 Å². The molecule has 2 aliphatic rings. The van der Waals surface area contributed by atoms with Gasteiger partial charge < -0.3 is 56.9 Å². The first-order valence-electron chi connectivity index (χ1n) is 24.5. The molecule has 3 unspecified atom stereocenters. The monoisotopic (exact) mass is 1010 g/mol. The molecule has 384 valence electrons. The average molecular weight is 1010 g/mol. The van der Waals surface area contributed by atoms with Gasteiger partial charge in [0.1, 0.15) is 24.8 Å². The number of isothiocyanates is 1. The van der Waals surface area contributed by atoms with Crippen LogP contribution in [0.5, 0.6) is 0 Å². The molecule has 17 nitrogen and oxygen atoms in total. The van der Waals surface area contributed by atoms with Crippen molar-refractivity contribution in [2.75, 3.05) is 135 Å². The first kappa shape index (κ1) is 54.1. The highest BCUT2D eigenvalue weighted by Gasteiger charge is 2.40. The Labute approximate surface area is 427 Å². The van der Waals surface area contributed by atoms with Gasteiger partial charge in [0.15, 0.2) is 0 Å². The minimum atomic E-state index is -0.301. The number of rotatable bonds is 35. The summed E-state index contributed by atoms with van der Waals surface area (Å²) in [5.74, 6) is 0. The van der Waals surface area contributed by atoms with Crippen molar-refractivity contribution >= 4 is 51.6 Å². The number of aromatic nitrogens is 1. The standard InChI is InChI=1S/C54H67N7O10S/c1-3-21-62-23-25-64-29-31-68-40-47(41-69-32-30-65-27-28-67-34-36-71-56-37-44-38-59(2)51-14-8-6-11-48(44)51)70-35-33-66-26-24-63-22-20-60-39-43-10-4-5-12-49(43)54-53(50-13-7-9-15-52(50)60)57-58-61(54)46-18-16-45(17-19-46)55-42-72/h3-19,37-38,47,53-54H,1,20-36,39-41H2,2H3/b56-37+. The highest BCUT2D eigenvalue weighted by atomic mass is 32.1. The molecule has 0 saturated heterocycles. The molecule has 0 N–H and O–H groups in total. The lowest BCUT2D eigenvalue weighted by atomic mass is 9.87. The first-order valence-corrected chi connectivity index (χ1v) is 24.9. The van der Waals surface area contributed by atoms with Gasteiger partial charge in [-0.3, -0.25) is 0 Å². The Balaban J connectivity index is 0.775. The third-order valence-electron chi connectivity index (χ3n) is 11.8. The van der Waals surface area contributed by atoms with Crippen LogP contribution in [0.1, 0.15) is 34.3 Å². The molecule has 18 heteroatoms. The summed E-state index contributed by atoms with van der Waals surface area (Å²) in [7, 11) is 2.01. The average Bonchev–Trinajstić information content (AvgIpc) is 3.98. The predicted octanol–water partition coefficient (Wildman–Crippen LogP) is 8.66. The van der Waals surface area contributed by atoms with Gasteiger partial charge in [0.05, 0.1) is 135 Å². The quantitative estimate of drug-likeness (QED) is 0.0125. The summed E-state index contributed by atoms with van der Waals surface area (Å²) in [6, 6.07) is 32.7. The van der Waals surface area contributed by atoms with Crippen LogP contribution in [0.4, 0.5) is 17.1 Å². The zero-order chi connectivity index (χ0) is 49.8. The second kappa shape index (κ2) is 31.0. The normalized spacial score (nSPS) is 15.5. The number of nitrogens with zero attached hydrogens (tertiary/aromatic N) is 7. The second-order valence-corrected chi connectivity index (χ2v) is 16.9. The summed E-state index contributed by atoms with van der Waals surface area (Å²) in [4.78, 5) is 11.9. The zero-order valence-corrected chi connectivity index (χ0v) is 42.0. The summed E-state index contributed by atoms with van der Waals surface area (Å²) < 4.78 is 54.3. The van der Waals surface area contributed by atoms with Crippen LogP contribution in [-0.2, 0) is 61.1 Å². The maximum atomic E-state index is 6.12. The molecule has 0 fully saturated rings. The molecule has 1 aromatic heterocycles. The topological polar surface area (TPSA) is 153 Å². The number of benzene rings is 4. The number of oxime groups is 1. The lowest BCUT2D eigenvalue weighted by Crippen LogP contribution is -2.33. The highest BCUT2D eigenvalue weighted by molar-refractivity contribution is 7.78. The number of thiocarbonyl (C=S) groups is 1. The van der Waals surface area contributed by atoms with E-state index in [1.807, 2.05) is 54.7 Å². The van der Waals surface area contributed by atoms with Crippen molar-refractivity contribution in [1.29, 1.82) is 0 Å². The number of hydrogen-bond acceptors (Lipinski definition) is 17. The third-order valence-corrected chi connectivity index (χ3v) is 11.8. The lowest BCUT2D eigenvalue weighted by molar-refractivity contribution is -0.0867. The summed E-state index contributed by atoms with van der Waals surface area (Å²) in [6.45, 7) is 12.7. The summed E-state index contributed by atoms with van der Waals surface area (Å²) in [6.07, 6.45) is 5.16. The molecule has 4 aromatic carbocycles. The molecule has 3 atom stereocenters. The van der Waals surface area contributed by atoms with Crippen molar-refractivity contribution in [3.63, 3.8) is 0 Å². The fraction of sp³-hybridized carbons (Fsp3) is 0.444. The van der Waals surface area contributed by atoms with E-state index >= 15 is 0 Å². The van der Waals surface area contributed by atoms with Gasteiger partial charge in [-0.1, -0.05) is 77.1 Å². The van der Waals surface area contributed by atoms with Gasteiger partial charge in [0.25, 0.3) is 0 Å². The van der Waals surface area contributed by atoms with E-state index in [4.69, 9.17) is 70.0 Å². The van der Waals surface area contributed by atoms with E-state index in [0.29, 0.717) is 132 Å². The maximum absolute atomic E-state index is 6.12. The van der Waals surface area contributed by atoms with E-state index in [-0.39, 0.29) is 18.2 Å². The smallest absolute Gasteiger partial charge is 0.140 e. The molecule has 5 aromatic rings. The number of ether oxygens (including phenoxy) is 9. The Bertz CT molecular complexity index is 2490. The molecular weight excluding hydrogens is 939 g/mol. The number of aliphatic imine (C=N–C) groups is 1. The Morgan fingerprint density at radius 1 is 0.694 bits per heavy atom. The fourth-order valence-corrected chi connectivity index (χ4v) is 8.44. The molecule has 2 aliphatic heterocycles. The summed E-state index contributed by atoms with van der Waals surface area (Å²) >= 11 is 4.80. The van der Waals surface area contributed by atoms with Gasteiger partial charge in [-0.15, -0.1) is 6.58 Å². The van der Waals surface area contributed by atoms with Crippen LogP contribution in [0, 0.1) is 0 Å². The summed E-state index contributed by atoms with van der Waals surface area (Å²) in [5.41, 5.74) is 8.45. The van der Waals surface area contributed by atoms with Crippen LogP contribution in [0.2, 0.25) is 0 Å². The molecule has 0 radical (unpaired) electrons. The molecule has 0 spiro atoms. The van der Waals surface area contributed by atoms with Gasteiger partial charge in [0.2, 0.25) is 0 Å². The van der Waals surface area contributed by atoms with Crippen molar-refractivity contribution in [2.45, 2.75) is 24.7 Å². The number of fused-ring (bicyclic) bond motifs is 6. The Morgan fingerprint density at radius 3 is 2.03 bits per heavy atom. The summed E-state index contributed by atoms with van der Waals surface area (Å²) in [5, 5.41) is 19.3. The minimum Gasteiger partial charge on any atom is -0.393 e. The number of anilines is 2. The van der Waals surface area contributed by atoms with Gasteiger partial charge in [0, 0.05) is 54.1 Å². The predicted molar refractivity (Wildman–Crippen MR) is 281 cm³/mol. The van der Waals surface area contributed by atoms with Crippen LogP contribution in [-0.4, -0.2) is 148 Å². The lowest BCUT2D eigenvalue weighted by Gasteiger charge is -2.35. The van der Waals surface area contributed by atoms with Crippen molar-refractivity contribution in [3.8, 4) is 0 Å². The van der Waals surface area contributed by atoms with Gasteiger partial charge >= 0.3 is 0 Å².